The van der Waals surface area contributed by atoms with Crippen molar-refractivity contribution in [2.75, 3.05) is 16.5 Å². The van der Waals surface area contributed by atoms with Crippen molar-refractivity contribution in [1.82, 2.24) is 9.55 Å². The van der Waals surface area contributed by atoms with Gasteiger partial charge in [0.2, 0.25) is 0 Å². The summed E-state index contributed by atoms with van der Waals surface area (Å²) in [5.41, 5.74) is 18.7. The molecule has 10 aromatic rings. The maximum Gasteiger partial charge on any atom is 0.137 e. The molecule has 5 heteroatoms. The second-order valence-electron chi connectivity index (χ2n) is 21.4. The van der Waals surface area contributed by atoms with Crippen LogP contribution in [0, 0.1) is 44.4 Å². The Kier molecular flexibility index (Phi) is 10.1. The maximum atomic E-state index is 6.94. The van der Waals surface area contributed by atoms with E-state index in [0.717, 1.165) is 51.6 Å². The average molecular weight is 935 g/mol. The summed E-state index contributed by atoms with van der Waals surface area (Å²) in [5, 5.41) is 2.40. The highest BCUT2D eigenvalue weighted by molar-refractivity contribution is 6.09. The number of ether oxygens (including phenoxy) is 1. The van der Waals surface area contributed by atoms with Crippen LogP contribution in [0.5, 0.6) is 11.5 Å². The van der Waals surface area contributed by atoms with Crippen LogP contribution < -0.4 is 14.5 Å². The lowest BCUT2D eigenvalue weighted by Crippen LogP contribution is -2.56. The molecule has 0 saturated heterocycles. The summed E-state index contributed by atoms with van der Waals surface area (Å²) in [4.78, 5) is 10.1. The van der Waals surface area contributed by atoms with Crippen molar-refractivity contribution in [2.45, 2.75) is 58.3 Å². The molecule has 2 aromatic heterocycles. The highest BCUT2D eigenvalue weighted by atomic mass is 16.5. The van der Waals surface area contributed by atoms with Crippen LogP contribution in [0.1, 0.15) is 59.9 Å². The van der Waals surface area contributed by atoms with E-state index in [1.807, 2.05) is 0 Å². The van der Waals surface area contributed by atoms with Gasteiger partial charge in [0.15, 0.2) is 0 Å². The van der Waals surface area contributed by atoms with Gasteiger partial charge in [-0.1, -0.05) is 127 Å². The number of pyridine rings is 1. The van der Waals surface area contributed by atoms with Gasteiger partial charge < -0.3 is 14.5 Å². The Morgan fingerprint density at radius 2 is 1.08 bits per heavy atom. The number of rotatable bonds is 9. The zero-order chi connectivity index (χ0) is 48.1. The van der Waals surface area contributed by atoms with Crippen molar-refractivity contribution in [2.24, 2.45) is 23.7 Å². The van der Waals surface area contributed by atoms with Gasteiger partial charge in [0.1, 0.15) is 24.0 Å². The first kappa shape index (κ1) is 42.9. The van der Waals surface area contributed by atoms with Gasteiger partial charge in [0.05, 0.1) is 28.1 Å². The van der Waals surface area contributed by atoms with Crippen molar-refractivity contribution in [1.29, 1.82) is 0 Å². The predicted molar refractivity (Wildman–Crippen MR) is 296 cm³/mol. The molecule has 0 amide bonds. The lowest BCUT2D eigenvalue weighted by Gasteiger charge is -2.62. The van der Waals surface area contributed by atoms with Gasteiger partial charge in [-0.25, -0.2) is 4.98 Å². The van der Waals surface area contributed by atoms with Gasteiger partial charge in [-0.05, 0) is 170 Å². The number of hydrogen-bond donors (Lipinski definition) is 0. The molecule has 1 aliphatic heterocycles. The van der Waals surface area contributed by atoms with E-state index in [0.29, 0.717) is 18.5 Å². The Hall–Kier alpha value is -7.89. The Balaban J connectivity index is 0.839. The molecule has 15 rings (SSSR count). The van der Waals surface area contributed by atoms with Gasteiger partial charge in [0, 0.05) is 51.3 Å². The summed E-state index contributed by atoms with van der Waals surface area (Å²) in [5.74, 6) is 5.53. The molecule has 0 N–H and O–H groups in total. The molecule has 4 fully saturated rings. The van der Waals surface area contributed by atoms with Crippen molar-refractivity contribution in [3.05, 3.63) is 228 Å². The fourth-order valence-corrected chi connectivity index (χ4v) is 14.4. The van der Waals surface area contributed by atoms with Gasteiger partial charge in [-0.3, -0.25) is 4.57 Å². The zero-order valence-corrected chi connectivity index (χ0v) is 41.3. The number of fused-ring (bicyclic) bond motifs is 4. The molecule has 0 radical (unpaired) electrons. The minimum Gasteiger partial charge on any atom is -0.457 e. The summed E-state index contributed by atoms with van der Waals surface area (Å²) in [6.07, 6.45) is 8.83. The van der Waals surface area contributed by atoms with E-state index >= 15 is 0 Å². The van der Waals surface area contributed by atoms with E-state index < -0.39 is 0 Å². The first-order valence-corrected chi connectivity index (χ1v) is 26.1. The molecule has 0 unspecified atom stereocenters. The molecule has 72 heavy (non-hydrogen) atoms. The first-order chi connectivity index (χ1) is 35.4. The van der Waals surface area contributed by atoms with E-state index in [1.165, 1.54) is 104 Å². The molecule has 5 aliphatic rings. The van der Waals surface area contributed by atoms with E-state index in [9.17, 15) is 0 Å². The van der Waals surface area contributed by atoms with E-state index in [1.54, 1.807) is 0 Å². The number of aryl methyl sites for hydroxylation is 2. The lowest BCUT2D eigenvalue weighted by atomic mass is 9.42. The SMILES string of the molecule is Cc1cc(C2(c3ccnc(-n4c5ccccc5c5ccc(Oc6cccc(N7CN(c8c(-c9ccccc9)cccc8-c8ccccc8)c8ccccc87)c6)cc54)c3)C3CC4CC(C3)CC2C4)cc(C)c1C. The van der Waals surface area contributed by atoms with Gasteiger partial charge in [0.25, 0.3) is 0 Å². The molecule has 0 spiro atoms. The van der Waals surface area contributed by atoms with Gasteiger partial charge >= 0.3 is 0 Å². The van der Waals surface area contributed by atoms with Crippen molar-refractivity contribution >= 4 is 44.6 Å². The molecule has 3 heterocycles. The molecule has 4 bridgehead atoms. The summed E-state index contributed by atoms with van der Waals surface area (Å²) in [6, 6.07) is 70.9. The number of hydrogen-bond acceptors (Lipinski definition) is 4. The Morgan fingerprint density at radius 1 is 0.486 bits per heavy atom. The molecule has 4 saturated carbocycles. The van der Waals surface area contributed by atoms with Crippen LogP contribution in [0.4, 0.5) is 22.7 Å². The second-order valence-corrected chi connectivity index (χ2v) is 21.4. The van der Waals surface area contributed by atoms with Crippen molar-refractivity contribution < 1.29 is 4.74 Å². The van der Waals surface area contributed by atoms with Crippen molar-refractivity contribution in [3.8, 4) is 39.6 Å². The molecule has 8 aromatic carbocycles. The summed E-state index contributed by atoms with van der Waals surface area (Å²) in [7, 11) is 0. The highest BCUT2D eigenvalue weighted by Gasteiger charge is 2.58. The van der Waals surface area contributed by atoms with E-state index in [4.69, 9.17) is 9.72 Å². The molecule has 5 nitrogen and oxygen atoms in total. The normalized spacial score (nSPS) is 20.9. The third-order valence-electron chi connectivity index (χ3n) is 17.5. The average Bonchev–Trinajstić information content (AvgIpc) is 3.97. The third-order valence-corrected chi connectivity index (χ3v) is 17.5. The number of anilines is 4. The van der Waals surface area contributed by atoms with Crippen molar-refractivity contribution in [3.63, 3.8) is 0 Å². The number of aromatic nitrogens is 2. The molecule has 4 aliphatic carbocycles. The zero-order valence-electron chi connectivity index (χ0n) is 41.3. The van der Waals surface area contributed by atoms with Crippen LogP contribution in [0.25, 0.3) is 49.9 Å². The Labute approximate surface area is 423 Å². The Morgan fingerprint density at radius 3 is 1.78 bits per heavy atom. The van der Waals surface area contributed by atoms with Crippen LogP contribution in [0.15, 0.2) is 200 Å². The first-order valence-electron chi connectivity index (χ1n) is 26.1. The second kappa shape index (κ2) is 16.9. The number of nitrogens with zero attached hydrogens (tertiary/aromatic N) is 4. The van der Waals surface area contributed by atoms with Gasteiger partial charge in [-0.15, -0.1) is 0 Å². The quantitative estimate of drug-likeness (QED) is 0.144. The van der Waals surface area contributed by atoms with E-state index in [2.05, 4.69) is 235 Å². The van der Waals surface area contributed by atoms with Crippen LogP contribution in [-0.4, -0.2) is 16.2 Å². The monoisotopic (exact) mass is 934 g/mol. The van der Waals surface area contributed by atoms with Crippen LogP contribution in [0.2, 0.25) is 0 Å². The molecular weight excluding hydrogens is 877 g/mol. The molecule has 352 valence electrons. The minimum atomic E-state index is -0.0330. The van der Waals surface area contributed by atoms with Crippen LogP contribution in [0.3, 0.4) is 0 Å². The maximum absolute atomic E-state index is 6.94. The Bertz CT molecular complexity index is 3610. The van der Waals surface area contributed by atoms with Crippen LogP contribution >= 0.6 is 0 Å². The van der Waals surface area contributed by atoms with Crippen LogP contribution in [-0.2, 0) is 5.41 Å². The summed E-state index contributed by atoms with van der Waals surface area (Å²) < 4.78 is 9.33. The van der Waals surface area contributed by atoms with Gasteiger partial charge in [-0.2, -0.15) is 0 Å². The summed E-state index contributed by atoms with van der Waals surface area (Å²) >= 11 is 0. The number of benzene rings is 8. The number of para-hydroxylation sites is 4. The fourth-order valence-electron chi connectivity index (χ4n) is 14.4. The standard InChI is InChI=1S/C67H58N4O/c1-43-32-51(33-44(2)45(43)3)67(52-35-46-34-47(37-52)38-53(67)36-46)50-30-31-68-65(39-50)71-61-25-11-10-22-59(61)60-29-28-56(41-64(60)71)72-55-21-14-20-54(40-55)69-42-70(63-27-13-12-26-62(63)69)66-57(48-16-6-4-7-17-48)23-15-24-58(66)49-18-8-5-9-19-49/h4-33,39-41,46-47,52-53H,34-38,42H2,1-3H3. The third kappa shape index (κ3) is 6.77. The summed E-state index contributed by atoms with van der Waals surface area (Å²) in [6.45, 7) is 7.55. The minimum absolute atomic E-state index is 0.0330. The topological polar surface area (TPSA) is 33.5 Å². The molecular formula is C67H58N4O. The largest absolute Gasteiger partial charge is 0.457 e. The smallest absolute Gasteiger partial charge is 0.137 e. The highest BCUT2D eigenvalue weighted by Crippen LogP contribution is 2.65. The molecule has 0 atom stereocenters. The lowest BCUT2D eigenvalue weighted by molar-refractivity contribution is -0.0419. The van der Waals surface area contributed by atoms with E-state index in [-0.39, 0.29) is 5.41 Å². The predicted octanol–water partition coefficient (Wildman–Crippen LogP) is 17.2. The fraction of sp³-hybridized carbons (Fsp3) is 0.209.